The highest BCUT2D eigenvalue weighted by molar-refractivity contribution is 9.10. The van der Waals surface area contributed by atoms with Gasteiger partial charge in [0.2, 0.25) is 0 Å². The molecule has 0 spiro atoms. The number of para-hydroxylation sites is 4. The number of hydrogen-bond acceptors (Lipinski definition) is 3. The molecule has 2 aliphatic rings. The molecule has 6 heterocycles. The highest BCUT2D eigenvalue weighted by Gasteiger charge is 2.37. The molecule has 2 aliphatic carbocycles. The Morgan fingerprint density at radius 3 is 1.20 bits per heavy atom. The number of benzene rings is 14. The summed E-state index contributed by atoms with van der Waals surface area (Å²) in [6.45, 7) is 9.37. The van der Waals surface area contributed by atoms with Crippen LogP contribution in [0.15, 0.2) is 393 Å². The zero-order valence-corrected chi connectivity index (χ0v) is 64.8. The van der Waals surface area contributed by atoms with E-state index in [-0.39, 0.29) is 10.8 Å². The van der Waals surface area contributed by atoms with Gasteiger partial charge in [0.05, 0.1) is 44.5 Å². The van der Waals surface area contributed by atoms with E-state index in [9.17, 15) is 0 Å². The first-order valence-electron chi connectivity index (χ1n) is 38.8. The number of fused-ring (bicyclic) bond motifs is 16. The minimum absolute atomic E-state index is 0.0603. The van der Waals surface area contributed by atoms with Crippen molar-refractivity contribution in [1.29, 1.82) is 0 Å². The Morgan fingerprint density at radius 2 is 0.690 bits per heavy atom. The van der Waals surface area contributed by atoms with E-state index in [0.29, 0.717) is 0 Å². The van der Waals surface area contributed by atoms with Crippen molar-refractivity contribution in [3.63, 3.8) is 0 Å². The molecule has 540 valence electrons. The Kier molecular flexibility index (Phi) is 17.0. The van der Waals surface area contributed by atoms with E-state index in [0.717, 1.165) is 61.8 Å². The van der Waals surface area contributed by atoms with E-state index in [2.05, 4.69) is 429 Å². The van der Waals surface area contributed by atoms with Gasteiger partial charge >= 0.3 is 0 Å². The summed E-state index contributed by atoms with van der Waals surface area (Å²) in [6, 6.07) is 131. The Balaban J connectivity index is 0.000000122. The van der Waals surface area contributed by atoms with Gasteiger partial charge in [-0.1, -0.05) is 250 Å². The molecule has 0 bridgehead atoms. The zero-order chi connectivity index (χ0) is 75.9. The Labute approximate surface area is 666 Å². The molecule has 0 aliphatic heterocycles. The molecule has 0 N–H and O–H groups in total. The van der Waals surface area contributed by atoms with Gasteiger partial charge in [-0.3, -0.25) is 9.97 Å². The fourth-order valence-electron chi connectivity index (χ4n) is 17.9. The van der Waals surface area contributed by atoms with Gasteiger partial charge in [-0.05, 0) is 220 Å². The van der Waals surface area contributed by atoms with Gasteiger partial charge in [0.15, 0.2) is 0 Å². The largest absolute Gasteiger partial charge is 0.316 e. The van der Waals surface area contributed by atoms with E-state index in [4.69, 9.17) is 0 Å². The van der Waals surface area contributed by atoms with Crippen molar-refractivity contribution in [2.75, 3.05) is 4.90 Å². The van der Waals surface area contributed by atoms with E-state index < -0.39 is 0 Å². The van der Waals surface area contributed by atoms with Crippen molar-refractivity contribution in [1.82, 2.24) is 28.2 Å². The third-order valence-corrected chi connectivity index (χ3v) is 23.9. The molecule has 14 aromatic carbocycles. The highest BCUT2D eigenvalue weighted by Crippen LogP contribution is 2.53. The first-order valence-corrected chi connectivity index (χ1v) is 39.6. The van der Waals surface area contributed by atoms with Crippen molar-refractivity contribution in [3.05, 3.63) is 427 Å². The van der Waals surface area contributed by atoms with Gasteiger partial charge in [0.25, 0.3) is 0 Å². The van der Waals surface area contributed by atoms with E-state index in [1.165, 1.54) is 132 Å². The van der Waals surface area contributed by atoms with Crippen LogP contribution in [-0.2, 0) is 17.3 Å². The van der Waals surface area contributed by atoms with Gasteiger partial charge in [0.1, 0.15) is 0 Å². The lowest BCUT2D eigenvalue weighted by Crippen LogP contribution is -2.16. The second-order valence-electron chi connectivity index (χ2n) is 30.7. The van der Waals surface area contributed by atoms with Gasteiger partial charge < -0.3 is 23.2 Å². The SMILES string of the molecule is Brc1ccc2c(c1)c1ccc3c(ccn3-c3ccccc3)c1n2-c1ccccc1.CC1(C)c2ccccc2-c2ccc(Cc3ccc(-c4ccccn4)cc3)cc21.CC1(C)c2ccccc2-c2ccc(N(c3ccc(-c4ccccn4)cc3)c3ccc4c(c3)c3ccc5c(ccn5-c5ccccc5)c3n4-c3ccccc3)cc21. The average molecular weight is 1520 g/mol. The summed E-state index contributed by atoms with van der Waals surface area (Å²) in [7, 11) is 0. The molecule has 113 heavy (non-hydrogen) atoms. The summed E-state index contributed by atoms with van der Waals surface area (Å²) in [4.78, 5) is 11.5. The van der Waals surface area contributed by atoms with Crippen LogP contribution < -0.4 is 4.90 Å². The Hall–Kier alpha value is -13.7. The molecule has 8 heteroatoms. The predicted molar refractivity (Wildman–Crippen MR) is 475 cm³/mol. The molecule has 0 saturated carbocycles. The van der Waals surface area contributed by atoms with Gasteiger partial charge in [-0.25, -0.2) is 0 Å². The lowest BCUT2D eigenvalue weighted by atomic mass is 9.81. The molecular formula is C105H78BrN7. The number of pyridine rings is 2. The molecule has 20 aromatic rings. The summed E-state index contributed by atoms with van der Waals surface area (Å²) < 4.78 is 10.5. The van der Waals surface area contributed by atoms with Crippen LogP contribution >= 0.6 is 15.9 Å². The number of anilines is 3. The first kappa shape index (κ1) is 68.6. The smallest absolute Gasteiger partial charge is 0.0701 e. The molecule has 7 nitrogen and oxygen atoms in total. The molecule has 0 saturated heterocycles. The van der Waals surface area contributed by atoms with Crippen LogP contribution in [0.5, 0.6) is 0 Å². The second-order valence-corrected chi connectivity index (χ2v) is 31.6. The molecule has 0 unspecified atom stereocenters. The zero-order valence-electron chi connectivity index (χ0n) is 63.2. The maximum absolute atomic E-state index is 4.63. The summed E-state index contributed by atoms with van der Waals surface area (Å²) in [5.41, 5.74) is 33.1. The standard InChI is InChI=1S/C52H38N4.C27H23N.C26H17BrN2/c1-52(2)46-18-10-9-17-41(46)42-26-24-40(34-47(42)52)55(38-22-20-35(21-23-38)48-19-11-12-31-53-48)39-25-28-50-45(33-39)43-27-29-49-44(30-32-54(49)36-13-5-3-6-14-36)51(43)56(50)37-15-7-4-8-16-37;1-27(2)24-8-4-3-7-22(24)23-15-12-20(18-25(23)27)17-19-10-13-21(14-11-19)26-9-5-6-16-28-26;27-18-11-13-25-23(17-18)21-12-14-24-22(15-16-28(24)19-7-3-1-4-8-19)26(21)29(25)20-9-5-2-6-10-20/h3-34H,1-2H3;3-16,18H,17H2,1-2H3;1-17H. The lowest BCUT2D eigenvalue weighted by molar-refractivity contribution is 0.659. The third-order valence-electron chi connectivity index (χ3n) is 23.4. The van der Waals surface area contributed by atoms with Crippen molar-refractivity contribution in [3.8, 4) is 67.5 Å². The fraction of sp³-hybridized carbons (Fsp3) is 0.0667. The maximum atomic E-state index is 4.63. The normalized spacial score (nSPS) is 12.8. The highest BCUT2D eigenvalue weighted by atomic mass is 79.9. The van der Waals surface area contributed by atoms with Gasteiger partial charge in [0, 0.05) is 123 Å². The third kappa shape index (κ3) is 12.0. The summed E-state index contributed by atoms with van der Waals surface area (Å²) >= 11 is 3.65. The van der Waals surface area contributed by atoms with Gasteiger partial charge in [-0.2, -0.15) is 0 Å². The van der Waals surface area contributed by atoms with Crippen LogP contribution in [0, 0.1) is 0 Å². The Morgan fingerprint density at radius 1 is 0.292 bits per heavy atom. The molecule has 0 atom stereocenters. The van der Waals surface area contributed by atoms with Crippen molar-refractivity contribution < 1.29 is 0 Å². The number of nitrogens with zero attached hydrogens (tertiary/aromatic N) is 7. The first-order chi connectivity index (χ1) is 55.5. The van der Waals surface area contributed by atoms with E-state index >= 15 is 0 Å². The number of rotatable bonds is 11. The molecule has 22 rings (SSSR count). The monoisotopic (exact) mass is 1520 g/mol. The maximum Gasteiger partial charge on any atom is 0.0701 e. The lowest BCUT2D eigenvalue weighted by Gasteiger charge is -2.28. The van der Waals surface area contributed by atoms with E-state index in [1.807, 2.05) is 36.7 Å². The van der Waals surface area contributed by atoms with Crippen LogP contribution in [0.25, 0.3) is 133 Å². The minimum Gasteiger partial charge on any atom is -0.316 e. The van der Waals surface area contributed by atoms with Gasteiger partial charge in [-0.15, -0.1) is 0 Å². The summed E-state index contributed by atoms with van der Waals surface area (Å²) in [5.74, 6) is 0. The minimum atomic E-state index is -0.120. The molecular weight excluding hydrogens is 1440 g/mol. The quantitative estimate of drug-likeness (QED) is 0.130. The van der Waals surface area contributed by atoms with Crippen molar-refractivity contribution in [2.24, 2.45) is 0 Å². The van der Waals surface area contributed by atoms with Crippen LogP contribution in [0.2, 0.25) is 0 Å². The summed E-state index contributed by atoms with van der Waals surface area (Å²) in [6.07, 6.45) is 9.01. The molecule has 0 radical (unpaired) electrons. The molecule has 0 amide bonds. The fourth-order valence-corrected chi connectivity index (χ4v) is 18.2. The number of aromatic nitrogens is 6. The second kappa shape index (κ2) is 28.0. The Bertz CT molecular complexity index is 6980. The number of halogens is 1. The van der Waals surface area contributed by atoms with Crippen LogP contribution in [0.3, 0.4) is 0 Å². The van der Waals surface area contributed by atoms with Crippen LogP contribution in [0.4, 0.5) is 17.1 Å². The molecule has 6 aromatic heterocycles. The van der Waals surface area contributed by atoms with Crippen LogP contribution in [-0.4, -0.2) is 28.2 Å². The van der Waals surface area contributed by atoms with Crippen LogP contribution in [0.1, 0.15) is 61.1 Å². The number of hydrogen-bond donors (Lipinski definition) is 0. The predicted octanol–water partition coefficient (Wildman–Crippen LogP) is 27.7. The molecule has 0 fully saturated rings. The summed E-state index contributed by atoms with van der Waals surface area (Å²) in [5, 5.41) is 7.42. The van der Waals surface area contributed by atoms with E-state index in [1.54, 1.807) is 0 Å². The van der Waals surface area contributed by atoms with Crippen molar-refractivity contribution in [2.45, 2.75) is 44.9 Å². The topological polar surface area (TPSA) is 48.7 Å². The average Bonchev–Trinajstić information content (AvgIpc) is 1.58. The van der Waals surface area contributed by atoms with Crippen molar-refractivity contribution >= 4 is 98.4 Å².